The molecule has 2 N–H and O–H groups in total. The number of nitrogens with zero attached hydrogens (tertiary/aromatic N) is 2. The predicted octanol–water partition coefficient (Wildman–Crippen LogP) is 2.93. The largest absolute Gasteiger partial charge is 0.360 e. The first-order chi connectivity index (χ1) is 11.5. The van der Waals surface area contributed by atoms with Crippen LogP contribution in [0.15, 0.2) is 34.9 Å². The molecule has 3 rings (SSSR count). The Morgan fingerprint density at radius 2 is 1.92 bits per heavy atom. The molecule has 0 radical (unpaired) electrons. The van der Waals surface area contributed by atoms with E-state index in [9.17, 15) is 9.59 Å². The number of nitrogens with one attached hydrogen (secondary N) is 2. The fourth-order valence-electron chi connectivity index (χ4n) is 2.35. The van der Waals surface area contributed by atoms with Crippen molar-refractivity contribution < 1.29 is 14.1 Å². The van der Waals surface area contributed by atoms with Crippen LogP contribution < -0.4 is 10.6 Å². The summed E-state index contributed by atoms with van der Waals surface area (Å²) >= 11 is 0. The van der Waals surface area contributed by atoms with E-state index in [0.717, 1.165) is 18.4 Å². The van der Waals surface area contributed by atoms with Gasteiger partial charge in [0.15, 0.2) is 5.82 Å². The molecule has 0 unspecified atom stereocenters. The molecule has 1 aliphatic carbocycles. The van der Waals surface area contributed by atoms with E-state index >= 15 is 0 Å². The Bertz CT molecular complexity index is 735. The first kappa shape index (κ1) is 16.0. The Morgan fingerprint density at radius 1 is 1.21 bits per heavy atom. The lowest BCUT2D eigenvalue weighted by atomic mass is 10.2. The molecule has 2 aromatic rings. The van der Waals surface area contributed by atoms with Gasteiger partial charge in [-0.25, -0.2) is 4.79 Å². The molecule has 1 saturated carbocycles. The first-order valence-electron chi connectivity index (χ1n) is 7.89. The smallest absolute Gasteiger partial charge is 0.322 e. The standard InChI is InChI=1S/C17H20N4O3/c1-11-3-5-13(6-4-11)18-17(23)21(14-7-8-14)10-16(22)19-15-9-12(2)24-20-15/h3-6,9,14H,7-8,10H2,1-2H3,(H,18,23)(H,19,20,22). The van der Waals surface area contributed by atoms with Crippen LogP contribution >= 0.6 is 0 Å². The van der Waals surface area contributed by atoms with Crippen molar-refractivity contribution in [1.82, 2.24) is 10.1 Å². The van der Waals surface area contributed by atoms with E-state index < -0.39 is 0 Å². The Balaban J connectivity index is 1.60. The van der Waals surface area contributed by atoms with E-state index in [1.165, 1.54) is 0 Å². The van der Waals surface area contributed by atoms with Crippen molar-refractivity contribution in [2.24, 2.45) is 0 Å². The highest BCUT2D eigenvalue weighted by molar-refractivity contribution is 5.96. The number of hydrogen-bond acceptors (Lipinski definition) is 4. The molecule has 0 spiro atoms. The number of aromatic nitrogens is 1. The summed E-state index contributed by atoms with van der Waals surface area (Å²) in [5.74, 6) is 0.669. The summed E-state index contributed by atoms with van der Waals surface area (Å²) in [7, 11) is 0. The van der Waals surface area contributed by atoms with E-state index in [2.05, 4.69) is 15.8 Å². The molecule has 0 bridgehead atoms. The predicted molar refractivity (Wildman–Crippen MR) is 89.8 cm³/mol. The highest BCUT2D eigenvalue weighted by atomic mass is 16.5. The summed E-state index contributed by atoms with van der Waals surface area (Å²) in [6.07, 6.45) is 1.83. The second kappa shape index (κ2) is 6.74. The van der Waals surface area contributed by atoms with Crippen LogP contribution in [-0.4, -0.2) is 34.6 Å². The third-order valence-corrected chi connectivity index (χ3v) is 3.76. The molecule has 1 aromatic carbocycles. The van der Waals surface area contributed by atoms with E-state index in [1.54, 1.807) is 17.9 Å². The van der Waals surface area contributed by atoms with Gasteiger partial charge < -0.3 is 20.1 Å². The highest BCUT2D eigenvalue weighted by Crippen LogP contribution is 2.27. The summed E-state index contributed by atoms with van der Waals surface area (Å²) in [5, 5.41) is 9.19. The van der Waals surface area contributed by atoms with Crippen LogP contribution in [0, 0.1) is 13.8 Å². The van der Waals surface area contributed by atoms with Gasteiger partial charge >= 0.3 is 6.03 Å². The van der Waals surface area contributed by atoms with E-state index in [4.69, 9.17) is 4.52 Å². The highest BCUT2D eigenvalue weighted by Gasteiger charge is 2.34. The fraction of sp³-hybridized carbons (Fsp3) is 0.353. The van der Waals surface area contributed by atoms with Gasteiger partial charge in [-0.3, -0.25) is 4.79 Å². The molecule has 0 atom stereocenters. The third-order valence-electron chi connectivity index (χ3n) is 3.76. The molecule has 126 valence electrons. The lowest BCUT2D eigenvalue weighted by Crippen LogP contribution is -2.42. The summed E-state index contributed by atoms with van der Waals surface area (Å²) in [5.41, 5.74) is 1.83. The van der Waals surface area contributed by atoms with Crippen molar-refractivity contribution in [3.8, 4) is 0 Å². The van der Waals surface area contributed by atoms with Crippen LogP contribution in [-0.2, 0) is 4.79 Å². The van der Waals surface area contributed by atoms with Gasteiger partial charge in [0.2, 0.25) is 5.91 Å². The number of rotatable bonds is 5. The van der Waals surface area contributed by atoms with Gasteiger partial charge in [0.25, 0.3) is 0 Å². The molecule has 1 aromatic heterocycles. The second-order valence-corrected chi connectivity index (χ2v) is 6.03. The minimum atomic E-state index is -0.297. The van der Waals surface area contributed by atoms with E-state index in [-0.39, 0.29) is 24.5 Å². The fourth-order valence-corrected chi connectivity index (χ4v) is 2.35. The molecule has 7 heteroatoms. The van der Waals surface area contributed by atoms with Gasteiger partial charge in [0.05, 0.1) is 0 Å². The van der Waals surface area contributed by atoms with Gasteiger partial charge in [0, 0.05) is 17.8 Å². The lowest BCUT2D eigenvalue weighted by Gasteiger charge is -2.22. The van der Waals surface area contributed by atoms with Gasteiger partial charge in [-0.15, -0.1) is 0 Å². The lowest BCUT2D eigenvalue weighted by molar-refractivity contribution is -0.116. The number of carbonyl (C=O) groups excluding carboxylic acids is 2. The van der Waals surface area contributed by atoms with Gasteiger partial charge in [-0.2, -0.15) is 0 Å². The molecule has 1 aliphatic rings. The number of carbonyl (C=O) groups is 2. The van der Waals surface area contributed by atoms with Crippen molar-refractivity contribution in [3.63, 3.8) is 0 Å². The normalized spacial score (nSPS) is 13.4. The Morgan fingerprint density at radius 3 is 2.50 bits per heavy atom. The molecule has 0 aliphatic heterocycles. The van der Waals surface area contributed by atoms with Gasteiger partial charge in [-0.1, -0.05) is 22.9 Å². The van der Waals surface area contributed by atoms with Crippen molar-refractivity contribution in [2.45, 2.75) is 32.7 Å². The zero-order valence-electron chi connectivity index (χ0n) is 13.7. The quantitative estimate of drug-likeness (QED) is 0.883. The van der Waals surface area contributed by atoms with E-state index in [1.807, 2.05) is 31.2 Å². The molecular formula is C17H20N4O3. The Labute approximate surface area is 140 Å². The summed E-state index contributed by atoms with van der Waals surface area (Å²) in [4.78, 5) is 26.2. The number of aryl methyl sites for hydroxylation is 2. The Kier molecular flexibility index (Phi) is 4.50. The molecule has 1 fully saturated rings. The molecular weight excluding hydrogens is 308 g/mol. The molecule has 3 amide bonds. The van der Waals surface area contributed by atoms with Crippen LogP contribution in [0.4, 0.5) is 16.3 Å². The topological polar surface area (TPSA) is 87.5 Å². The van der Waals surface area contributed by atoms with Crippen LogP contribution in [0.3, 0.4) is 0 Å². The van der Waals surface area contributed by atoms with Crippen LogP contribution in [0.2, 0.25) is 0 Å². The van der Waals surface area contributed by atoms with Crippen LogP contribution in [0.1, 0.15) is 24.2 Å². The molecule has 0 saturated heterocycles. The van der Waals surface area contributed by atoms with Crippen molar-refractivity contribution in [3.05, 3.63) is 41.7 Å². The maximum absolute atomic E-state index is 12.5. The molecule has 7 nitrogen and oxygen atoms in total. The zero-order valence-corrected chi connectivity index (χ0v) is 13.7. The van der Waals surface area contributed by atoms with Crippen molar-refractivity contribution >= 4 is 23.4 Å². The SMILES string of the molecule is Cc1ccc(NC(=O)N(CC(=O)Nc2cc(C)on2)C2CC2)cc1. The number of urea groups is 1. The van der Waals surface area contributed by atoms with Crippen molar-refractivity contribution in [1.29, 1.82) is 0 Å². The number of benzene rings is 1. The summed E-state index contributed by atoms with van der Waals surface area (Å²) in [6.45, 7) is 3.71. The zero-order chi connectivity index (χ0) is 17.1. The second-order valence-electron chi connectivity index (χ2n) is 6.03. The summed E-state index contributed by atoms with van der Waals surface area (Å²) < 4.78 is 4.91. The maximum Gasteiger partial charge on any atom is 0.322 e. The molecule has 1 heterocycles. The monoisotopic (exact) mass is 328 g/mol. The number of anilines is 2. The van der Waals surface area contributed by atoms with Gasteiger partial charge in [0.1, 0.15) is 12.3 Å². The number of amides is 3. The minimum absolute atomic E-state index is 0.0196. The Hall–Kier alpha value is -2.83. The van der Waals surface area contributed by atoms with Crippen LogP contribution in [0.25, 0.3) is 0 Å². The van der Waals surface area contributed by atoms with Crippen LogP contribution in [0.5, 0.6) is 0 Å². The minimum Gasteiger partial charge on any atom is -0.360 e. The third kappa shape index (κ3) is 4.13. The number of hydrogen-bond donors (Lipinski definition) is 2. The molecule has 24 heavy (non-hydrogen) atoms. The first-order valence-corrected chi connectivity index (χ1v) is 7.89. The van der Waals surface area contributed by atoms with Crippen molar-refractivity contribution in [2.75, 3.05) is 17.2 Å². The van der Waals surface area contributed by atoms with Gasteiger partial charge in [-0.05, 0) is 38.8 Å². The van der Waals surface area contributed by atoms with E-state index in [0.29, 0.717) is 17.3 Å². The average Bonchev–Trinajstić information content (AvgIpc) is 3.30. The summed E-state index contributed by atoms with van der Waals surface area (Å²) in [6, 6.07) is 9.01. The maximum atomic E-state index is 12.5. The average molecular weight is 328 g/mol.